The van der Waals surface area contributed by atoms with Gasteiger partial charge in [0.2, 0.25) is 0 Å². The van der Waals surface area contributed by atoms with Crippen LogP contribution >= 0.6 is 0 Å². The SMILES string of the molecule is Fc1ccc(Cc2nccn2Cc2ccc(F)cc2)cc1. The first-order valence-corrected chi connectivity index (χ1v) is 6.69. The summed E-state index contributed by atoms with van der Waals surface area (Å²) in [5.41, 5.74) is 2.01. The van der Waals surface area contributed by atoms with Gasteiger partial charge >= 0.3 is 0 Å². The van der Waals surface area contributed by atoms with Crippen molar-refractivity contribution in [1.82, 2.24) is 9.55 Å². The Hall–Kier alpha value is -2.49. The maximum Gasteiger partial charge on any atom is 0.123 e. The molecule has 1 aromatic heterocycles. The number of imidazole rings is 1. The fourth-order valence-corrected chi connectivity index (χ4v) is 2.22. The van der Waals surface area contributed by atoms with Crippen LogP contribution in [0.4, 0.5) is 8.78 Å². The molecule has 2 nitrogen and oxygen atoms in total. The number of halogens is 2. The van der Waals surface area contributed by atoms with E-state index in [1.807, 2.05) is 10.8 Å². The molecular weight excluding hydrogens is 270 g/mol. The molecule has 106 valence electrons. The topological polar surface area (TPSA) is 17.8 Å². The van der Waals surface area contributed by atoms with E-state index in [0.29, 0.717) is 13.0 Å². The summed E-state index contributed by atoms with van der Waals surface area (Å²) in [4.78, 5) is 4.34. The van der Waals surface area contributed by atoms with Gasteiger partial charge in [0.05, 0.1) is 0 Å². The third-order valence-corrected chi connectivity index (χ3v) is 3.34. The standard InChI is InChI=1S/C17H14F2N2/c18-15-5-1-13(2-6-15)11-17-20-9-10-21(17)12-14-3-7-16(19)8-4-14/h1-10H,11-12H2. The summed E-state index contributed by atoms with van der Waals surface area (Å²) < 4.78 is 27.8. The molecule has 0 saturated carbocycles. The third-order valence-electron chi connectivity index (χ3n) is 3.34. The Morgan fingerprint density at radius 1 is 0.810 bits per heavy atom. The highest BCUT2D eigenvalue weighted by Gasteiger charge is 2.05. The van der Waals surface area contributed by atoms with Crippen LogP contribution in [0.3, 0.4) is 0 Å². The summed E-state index contributed by atoms with van der Waals surface area (Å²) >= 11 is 0. The van der Waals surface area contributed by atoms with Crippen LogP contribution in [0.2, 0.25) is 0 Å². The smallest absolute Gasteiger partial charge is 0.123 e. The zero-order chi connectivity index (χ0) is 14.7. The van der Waals surface area contributed by atoms with Gasteiger partial charge in [0.25, 0.3) is 0 Å². The highest BCUT2D eigenvalue weighted by Crippen LogP contribution is 2.12. The van der Waals surface area contributed by atoms with E-state index in [1.165, 1.54) is 24.3 Å². The van der Waals surface area contributed by atoms with Crippen LogP contribution in [0, 0.1) is 11.6 Å². The summed E-state index contributed by atoms with van der Waals surface area (Å²) in [7, 11) is 0. The lowest BCUT2D eigenvalue weighted by molar-refractivity contribution is 0.625. The number of aromatic nitrogens is 2. The molecule has 0 aliphatic rings. The highest BCUT2D eigenvalue weighted by atomic mass is 19.1. The van der Waals surface area contributed by atoms with Gasteiger partial charge in [-0.15, -0.1) is 0 Å². The van der Waals surface area contributed by atoms with Crippen molar-refractivity contribution in [1.29, 1.82) is 0 Å². The molecule has 1 heterocycles. The molecule has 2 aromatic carbocycles. The van der Waals surface area contributed by atoms with Gasteiger partial charge in [0.1, 0.15) is 17.5 Å². The number of hydrogen-bond donors (Lipinski definition) is 0. The molecule has 0 aliphatic heterocycles. The Labute approximate surface area is 121 Å². The van der Waals surface area contributed by atoms with E-state index in [1.54, 1.807) is 30.5 Å². The molecule has 0 spiro atoms. The van der Waals surface area contributed by atoms with E-state index in [9.17, 15) is 8.78 Å². The summed E-state index contributed by atoms with van der Waals surface area (Å²) in [5, 5.41) is 0. The molecule has 0 atom stereocenters. The zero-order valence-electron chi connectivity index (χ0n) is 11.3. The van der Waals surface area contributed by atoms with Crippen LogP contribution in [0.15, 0.2) is 60.9 Å². The Morgan fingerprint density at radius 3 is 2.00 bits per heavy atom. The average Bonchev–Trinajstić information content (AvgIpc) is 2.91. The van der Waals surface area contributed by atoms with Crippen LogP contribution in [0.1, 0.15) is 17.0 Å². The Kier molecular flexibility index (Phi) is 3.77. The minimum absolute atomic E-state index is 0.240. The second-order valence-corrected chi connectivity index (χ2v) is 4.90. The first-order chi connectivity index (χ1) is 10.2. The van der Waals surface area contributed by atoms with Gasteiger partial charge in [0, 0.05) is 25.4 Å². The van der Waals surface area contributed by atoms with Gasteiger partial charge in [-0.1, -0.05) is 24.3 Å². The molecule has 0 bridgehead atoms. The first-order valence-electron chi connectivity index (χ1n) is 6.69. The first kappa shape index (κ1) is 13.5. The monoisotopic (exact) mass is 284 g/mol. The van der Waals surface area contributed by atoms with Gasteiger partial charge in [-0.3, -0.25) is 0 Å². The minimum atomic E-state index is -0.242. The summed E-state index contributed by atoms with van der Waals surface area (Å²) in [6.07, 6.45) is 4.26. The van der Waals surface area contributed by atoms with E-state index in [2.05, 4.69) is 4.98 Å². The van der Waals surface area contributed by atoms with E-state index in [0.717, 1.165) is 17.0 Å². The van der Waals surface area contributed by atoms with E-state index in [4.69, 9.17) is 0 Å². The fourth-order valence-electron chi connectivity index (χ4n) is 2.22. The largest absolute Gasteiger partial charge is 0.330 e. The lowest BCUT2D eigenvalue weighted by Crippen LogP contribution is -2.05. The molecule has 0 amide bonds. The second-order valence-electron chi connectivity index (χ2n) is 4.90. The number of rotatable bonds is 4. The third kappa shape index (κ3) is 3.34. The molecule has 0 N–H and O–H groups in total. The van der Waals surface area contributed by atoms with Gasteiger partial charge in [0.15, 0.2) is 0 Å². The molecule has 0 radical (unpaired) electrons. The summed E-state index contributed by atoms with van der Waals surface area (Å²) in [6.45, 7) is 0.636. The van der Waals surface area contributed by atoms with Gasteiger partial charge < -0.3 is 4.57 Å². The number of nitrogens with zero attached hydrogens (tertiary/aromatic N) is 2. The molecule has 0 aliphatic carbocycles. The average molecular weight is 284 g/mol. The Morgan fingerprint density at radius 2 is 1.38 bits per heavy atom. The fraction of sp³-hybridized carbons (Fsp3) is 0.118. The number of hydrogen-bond acceptors (Lipinski definition) is 1. The highest BCUT2D eigenvalue weighted by molar-refractivity contribution is 5.21. The van der Waals surface area contributed by atoms with Crippen molar-refractivity contribution in [2.75, 3.05) is 0 Å². The van der Waals surface area contributed by atoms with Gasteiger partial charge in [-0.2, -0.15) is 0 Å². The van der Waals surface area contributed by atoms with Crippen LogP contribution < -0.4 is 0 Å². The van der Waals surface area contributed by atoms with Crippen LogP contribution in [-0.4, -0.2) is 9.55 Å². The van der Waals surface area contributed by atoms with Crippen molar-refractivity contribution in [2.24, 2.45) is 0 Å². The Balaban J connectivity index is 1.77. The van der Waals surface area contributed by atoms with Crippen molar-refractivity contribution in [3.05, 3.63) is 89.5 Å². The molecule has 0 unspecified atom stereocenters. The van der Waals surface area contributed by atoms with E-state index in [-0.39, 0.29) is 11.6 Å². The normalized spacial score (nSPS) is 10.8. The predicted octanol–water partition coefficient (Wildman–Crippen LogP) is 3.80. The van der Waals surface area contributed by atoms with Crippen molar-refractivity contribution < 1.29 is 8.78 Å². The van der Waals surface area contributed by atoms with Crippen molar-refractivity contribution in [2.45, 2.75) is 13.0 Å². The molecular formula is C17H14F2N2. The number of benzene rings is 2. The van der Waals surface area contributed by atoms with Crippen molar-refractivity contribution >= 4 is 0 Å². The summed E-state index contributed by atoms with van der Waals surface area (Å²) in [5.74, 6) is 0.412. The molecule has 21 heavy (non-hydrogen) atoms. The minimum Gasteiger partial charge on any atom is -0.330 e. The zero-order valence-corrected chi connectivity index (χ0v) is 11.3. The van der Waals surface area contributed by atoms with E-state index < -0.39 is 0 Å². The molecule has 4 heteroatoms. The van der Waals surface area contributed by atoms with E-state index >= 15 is 0 Å². The predicted molar refractivity (Wildman–Crippen MR) is 76.9 cm³/mol. The van der Waals surface area contributed by atoms with Crippen molar-refractivity contribution in [3.63, 3.8) is 0 Å². The van der Waals surface area contributed by atoms with Gasteiger partial charge in [-0.25, -0.2) is 13.8 Å². The van der Waals surface area contributed by atoms with Crippen LogP contribution in [0.5, 0.6) is 0 Å². The molecule has 0 fully saturated rings. The molecule has 3 rings (SSSR count). The maximum atomic E-state index is 12.9. The summed E-state index contributed by atoms with van der Waals surface area (Å²) in [6, 6.07) is 12.8. The lowest BCUT2D eigenvalue weighted by Gasteiger charge is -2.08. The Bertz CT molecular complexity index is 653. The molecule has 3 aromatic rings. The van der Waals surface area contributed by atoms with Crippen LogP contribution in [-0.2, 0) is 13.0 Å². The lowest BCUT2D eigenvalue weighted by atomic mass is 10.1. The van der Waals surface area contributed by atoms with Crippen LogP contribution in [0.25, 0.3) is 0 Å². The van der Waals surface area contributed by atoms with Crippen molar-refractivity contribution in [3.8, 4) is 0 Å². The second kappa shape index (κ2) is 5.87. The molecule has 0 saturated heterocycles. The maximum absolute atomic E-state index is 12.9. The van der Waals surface area contributed by atoms with Gasteiger partial charge in [-0.05, 0) is 35.4 Å². The quantitative estimate of drug-likeness (QED) is 0.712.